The molecule has 0 saturated carbocycles. The van der Waals surface area contributed by atoms with Crippen molar-refractivity contribution in [2.24, 2.45) is 0 Å². The highest BCUT2D eigenvalue weighted by molar-refractivity contribution is 7.89. The summed E-state index contributed by atoms with van der Waals surface area (Å²) in [6.45, 7) is 6.14. The summed E-state index contributed by atoms with van der Waals surface area (Å²) < 4.78 is 32.3. The summed E-state index contributed by atoms with van der Waals surface area (Å²) in [4.78, 5) is 10.7. The Labute approximate surface area is 147 Å². The van der Waals surface area contributed by atoms with Crippen LogP contribution in [0.4, 0.5) is 5.82 Å². The molecule has 1 aliphatic rings. The Morgan fingerprint density at radius 2 is 1.88 bits per heavy atom. The second-order valence-electron chi connectivity index (χ2n) is 6.42. The Morgan fingerprint density at radius 3 is 2.44 bits per heavy atom. The van der Waals surface area contributed by atoms with E-state index in [0.717, 1.165) is 24.4 Å². The van der Waals surface area contributed by atoms with E-state index in [2.05, 4.69) is 20.0 Å². The van der Waals surface area contributed by atoms with E-state index in [1.165, 1.54) is 4.31 Å². The monoisotopic (exact) mass is 365 g/mol. The summed E-state index contributed by atoms with van der Waals surface area (Å²) in [6, 6.07) is 2.18. The van der Waals surface area contributed by atoms with Gasteiger partial charge in [0.15, 0.2) is 5.76 Å². The summed E-state index contributed by atoms with van der Waals surface area (Å²) in [6.07, 6.45) is 3.03. The highest BCUT2D eigenvalue weighted by Crippen LogP contribution is 2.28. The van der Waals surface area contributed by atoms with Crippen LogP contribution in [0.2, 0.25) is 0 Å². The number of hydrogen-bond donors (Lipinski definition) is 0. The number of hydrogen-bond acceptors (Lipinski definition) is 7. The third-order valence-corrected chi connectivity index (χ3v) is 6.83. The quantitative estimate of drug-likeness (QED) is 0.814. The largest absolute Gasteiger partial charge is 0.360 e. The lowest BCUT2D eigenvalue weighted by molar-refractivity contribution is 0.313. The van der Waals surface area contributed by atoms with Crippen LogP contribution in [0.1, 0.15) is 30.0 Å². The molecular weight excluding hydrogens is 342 g/mol. The van der Waals surface area contributed by atoms with E-state index in [-0.39, 0.29) is 10.9 Å². The molecule has 0 bridgehead atoms. The normalized spacial score (nSPS) is 17.0. The van der Waals surface area contributed by atoms with Gasteiger partial charge < -0.3 is 9.42 Å². The molecule has 2 aromatic rings. The number of aromatic nitrogens is 3. The van der Waals surface area contributed by atoms with Crippen LogP contribution in [0, 0.1) is 20.8 Å². The van der Waals surface area contributed by atoms with E-state index in [1.807, 2.05) is 20.0 Å². The van der Waals surface area contributed by atoms with E-state index >= 15 is 0 Å². The van der Waals surface area contributed by atoms with Crippen LogP contribution in [-0.2, 0) is 10.0 Å². The van der Waals surface area contributed by atoms with Gasteiger partial charge >= 0.3 is 0 Å². The lowest BCUT2D eigenvalue weighted by Crippen LogP contribution is -2.46. The summed E-state index contributed by atoms with van der Waals surface area (Å²) in [5.74, 6) is 1.20. The standard InChI is InChI=1S/C16H23N5O3S/c1-11-9-15(18-10-17-11)20(4)14-5-7-21(8-6-14)25(22,23)16-12(2)19-24-13(16)3/h9-10,14H,5-8H2,1-4H3. The van der Waals surface area contributed by atoms with Crippen molar-refractivity contribution in [3.8, 4) is 0 Å². The number of anilines is 1. The Kier molecular flexibility index (Phi) is 4.79. The van der Waals surface area contributed by atoms with Gasteiger partial charge in [-0.2, -0.15) is 4.31 Å². The molecule has 3 rings (SSSR count). The van der Waals surface area contributed by atoms with Crippen molar-refractivity contribution in [1.82, 2.24) is 19.4 Å². The van der Waals surface area contributed by atoms with Crippen molar-refractivity contribution < 1.29 is 12.9 Å². The van der Waals surface area contributed by atoms with Crippen molar-refractivity contribution in [3.05, 3.63) is 29.5 Å². The van der Waals surface area contributed by atoms with E-state index in [9.17, 15) is 8.42 Å². The van der Waals surface area contributed by atoms with Gasteiger partial charge in [0.1, 0.15) is 22.7 Å². The van der Waals surface area contributed by atoms with Crippen molar-refractivity contribution >= 4 is 15.8 Å². The minimum absolute atomic E-state index is 0.200. The molecule has 0 amide bonds. The summed E-state index contributed by atoms with van der Waals surface area (Å²) in [5.41, 5.74) is 1.32. The highest BCUT2D eigenvalue weighted by Gasteiger charge is 2.34. The molecule has 0 aliphatic carbocycles. The zero-order valence-electron chi connectivity index (χ0n) is 14.9. The highest BCUT2D eigenvalue weighted by atomic mass is 32.2. The molecule has 0 aromatic carbocycles. The first-order valence-corrected chi connectivity index (χ1v) is 9.69. The van der Waals surface area contributed by atoms with E-state index < -0.39 is 10.0 Å². The number of sulfonamides is 1. The van der Waals surface area contributed by atoms with Gasteiger partial charge in [-0.15, -0.1) is 0 Å². The van der Waals surface area contributed by atoms with Crippen LogP contribution in [0.15, 0.2) is 21.8 Å². The molecule has 0 unspecified atom stereocenters. The first-order chi connectivity index (χ1) is 11.8. The van der Waals surface area contributed by atoms with Gasteiger partial charge in [-0.1, -0.05) is 5.16 Å². The minimum Gasteiger partial charge on any atom is -0.360 e. The number of aryl methyl sites for hydroxylation is 3. The van der Waals surface area contributed by atoms with Crippen LogP contribution in [0.25, 0.3) is 0 Å². The summed E-state index contributed by atoms with van der Waals surface area (Å²) in [7, 11) is -1.58. The van der Waals surface area contributed by atoms with Gasteiger partial charge in [0.2, 0.25) is 10.0 Å². The Hall–Kier alpha value is -2.00. The second kappa shape index (κ2) is 6.72. The van der Waals surface area contributed by atoms with Gasteiger partial charge in [-0.05, 0) is 33.6 Å². The SMILES string of the molecule is Cc1cc(N(C)C2CCN(S(=O)(=O)c3c(C)noc3C)CC2)ncn1. The fraction of sp³-hybridized carbons (Fsp3) is 0.562. The smallest absolute Gasteiger partial charge is 0.248 e. The molecule has 0 spiro atoms. The molecule has 2 aromatic heterocycles. The minimum atomic E-state index is -3.57. The molecule has 25 heavy (non-hydrogen) atoms. The molecule has 1 aliphatic heterocycles. The zero-order valence-corrected chi connectivity index (χ0v) is 15.7. The maximum Gasteiger partial charge on any atom is 0.248 e. The molecule has 0 N–H and O–H groups in total. The molecule has 8 nitrogen and oxygen atoms in total. The van der Waals surface area contributed by atoms with Gasteiger partial charge in [0, 0.05) is 37.9 Å². The topological polar surface area (TPSA) is 92.4 Å². The number of nitrogens with zero attached hydrogens (tertiary/aromatic N) is 5. The fourth-order valence-corrected chi connectivity index (χ4v) is 5.02. The van der Waals surface area contributed by atoms with Crippen LogP contribution >= 0.6 is 0 Å². The molecular formula is C16H23N5O3S. The third kappa shape index (κ3) is 3.38. The van der Waals surface area contributed by atoms with Gasteiger partial charge in [0.05, 0.1) is 0 Å². The van der Waals surface area contributed by atoms with Crippen molar-refractivity contribution in [1.29, 1.82) is 0 Å². The van der Waals surface area contributed by atoms with Crippen molar-refractivity contribution in [2.45, 2.75) is 44.6 Å². The maximum absolute atomic E-state index is 12.9. The van der Waals surface area contributed by atoms with Crippen molar-refractivity contribution in [2.75, 3.05) is 25.0 Å². The lowest BCUT2D eigenvalue weighted by Gasteiger charge is -2.36. The Balaban J connectivity index is 1.71. The second-order valence-corrected chi connectivity index (χ2v) is 8.29. The van der Waals surface area contributed by atoms with Gasteiger partial charge in [-0.3, -0.25) is 0 Å². The zero-order chi connectivity index (χ0) is 18.2. The van der Waals surface area contributed by atoms with Crippen LogP contribution in [-0.4, -0.2) is 54.0 Å². The first kappa shape index (κ1) is 17.8. The predicted molar refractivity (Wildman–Crippen MR) is 92.9 cm³/mol. The maximum atomic E-state index is 12.9. The molecule has 0 radical (unpaired) electrons. The van der Waals surface area contributed by atoms with Gasteiger partial charge in [0.25, 0.3) is 0 Å². The van der Waals surface area contributed by atoms with E-state index in [1.54, 1.807) is 20.2 Å². The average molecular weight is 365 g/mol. The summed E-state index contributed by atoms with van der Waals surface area (Å²) >= 11 is 0. The fourth-order valence-electron chi connectivity index (χ4n) is 3.26. The molecule has 136 valence electrons. The van der Waals surface area contributed by atoms with E-state index in [4.69, 9.17) is 4.52 Å². The molecule has 1 saturated heterocycles. The average Bonchev–Trinajstić information content (AvgIpc) is 2.93. The predicted octanol–water partition coefficient (Wildman–Crippen LogP) is 1.68. The molecule has 0 atom stereocenters. The molecule has 9 heteroatoms. The van der Waals surface area contributed by atoms with Crippen LogP contribution < -0.4 is 4.90 Å². The van der Waals surface area contributed by atoms with Gasteiger partial charge in [-0.25, -0.2) is 18.4 Å². The molecule has 3 heterocycles. The first-order valence-electron chi connectivity index (χ1n) is 8.25. The van der Waals surface area contributed by atoms with Crippen LogP contribution in [0.5, 0.6) is 0 Å². The van der Waals surface area contributed by atoms with Crippen LogP contribution in [0.3, 0.4) is 0 Å². The summed E-state index contributed by atoms with van der Waals surface area (Å²) in [5, 5.41) is 3.77. The Bertz CT molecular complexity index is 837. The number of rotatable bonds is 4. The van der Waals surface area contributed by atoms with E-state index in [0.29, 0.717) is 24.5 Å². The van der Waals surface area contributed by atoms with Crippen molar-refractivity contribution in [3.63, 3.8) is 0 Å². The molecule has 1 fully saturated rings. The Morgan fingerprint density at radius 1 is 1.20 bits per heavy atom. The lowest BCUT2D eigenvalue weighted by atomic mass is 10.1. The number of piperidine rings is 1. The third-order valence-electron chi connectivity index (χ3n) is 4.69.